The smallest absolute Gasteiger partial charge is 0.273 e. The zero-order chi connectivity index (χ0) is 17.9. The van der Waals surface area contributed by atoms with E-state index in [2.05, 4.69) is 15.8 Å². The van der Waals surface area contributed by atoms with Crippen molar-refractivity contribution in [1.29, 1.82) is 0 Å². The van der Waals surface area contributed by atoms with Gasteiger partial charge >= 0.3 is 0 Å². The molecule has 0 radical (unpaired) electrons. The van der Waals surface area contributed by atoms with Crippen LogP contribution in [0, 0.1) is 17.8 Å². The minimum Gasteiger partial charge on any atom is -0.297 e. The van der Waals surface area contributed by atoms with Crippen molar-refractivity contribution in [3.8, 4) is 0 Å². The van der Waals surface area contributed by atoms with Crippen LogP contribution in [-0.2, 0) is 15.0 Å². The normalized spacial score (nSPS) is 35.6. The molecule has 138 valence electrons. The maximum absolute atomic E-state index is 12.5. The summed E-state index contributed by atoms with van der Waals surface area (Å²) >= 11 is 1.51. The van der Waals surface area contributed by atoms with Crippen LogP contribution in [0.1, 0.15) is 57.1 Å². The fourth-order valence-electron chi connectivity index (χ4n) is 6.00. The Balaban J connectivity index is 1.33. The molecule has 6 rings (SSSR count). The van der Waals surface area contributed by atoms with Crippen LogP contribution < -0.4 is 5.32 Å². The first-order valence-electron chi connectivity index (χ1n) is 9.62. The van der Waals surface area contributed by atoms with Crippen molar-refractivity contribution in [3.63, 3.8) is 0 Å². The minimum absolute atomic E-state index is 0.0556. The summed E-state index contributed by atoms with van der Waals surface area (Å²) in [6, 6.07) is 0. The molecule has 26 heavy (non-hydrogen) atoms. The number of carbonyl (C=O) groups is 2. The van der Waals surface area contributed by atoms with E-state index < -0.39 is 0 Å². The Morgan fingerprint density at radius 2 is 1.85 bits per heavy atom. The molecule has 1 aromatic heterocycles. The Labute approximate surface area is 157 Å². The maximum atomic E-state index is 12.5. The summed E-state index contributed by atoms with van der Waals surface area (Å²) in [6.07, 6.45) is 8.79. The summed E-state index contributed by atoms with van der Waals surface area (Å²) in [5.74, 6) is 2.35. The third kappa shape index (κ3) is 2.68. The van der Waals surface area contributed by atoms with Crippen molar-refractivity contribution in [2.75, 3.05) is 12.4 Å². The fourth-order valence-corrected chi connectivity index (χ4v) is 6.83. The van der Waals surface area contributed by atoms with E-state index in [0.29, 0.717) is 23.7 Å². The quantitative estimate of drug-likeness (QED) is 0.886. The Kier molecular flexibility index (Phi) is 3.71. The van der Waals surface area contributed by atoms with Gasteiger partial charge in [0.25, 0.3) is 5.91 Å². The highest BCUT2D eigenvalue weighted by Gasteiger charge is 2.52. The number of nitrogens with one attached hydrogen (secondary N) is 1. The molecule has 0 saturated heterocycles. The van der Waals surface area contributed by atoms with E-state index in [9.17, 15) is 9.59 Å². The minimum atomic E-state index is -0.240. The number of hydrazone groups is 1. The van der Waals surface area contributed by atoms with E-state index in [1.165, 1.54) is 60.6 Å². The van der Waals surface area contributed by atoms with Gasteiger partial charge in [-0.25, -0.2) is 9.99 Å². The van der Waals surface area contributed by atoms with Crippen molar-refractivity contribution in [2.24, 2.45) is 22.9 Å². The molecule has 6 nitrogen and oxygen atoms in total. The predicted octanol–water partition coefficient (Wildman–Crippen LogP) is 3.16. The molecular weight excluding hydrogens is 348 g/mol. The summed E-state index contributed by atoms with van der Waals surface area (Å²) in [7, 11) is 1.59. The first kappa shape index (κ1) is 16.4. The van der Waals surface area contributed by atoms with Gasteiger partial charge in [0.2, 0.25) is 5.91 Å². The van der Waals surface area contributed by atoms with Crippen molar-refractivity contribution in [2.45, 2.75) is 56.8 Å². The van der Waals surface area contributed by atoms with Crippen molar-refractivity contribution < 1.29 is 9.59 Å². The molecule has 5 aliphatic rings. The standard InChI is InChI=1S/C19H24N4O2S/c1-23-16(24)3-2-14(22-23)17(25)21-18-20-15(10-26-18)19-7-11-4-12(8-19)6-13(5-11)9-19/h10-13H,2-9H2,1H3,(H,20,21,25). The lowest BCUT2D eigenvalue weighted by Crippen LogP contribution is -2.48. The number of thiazole rings is 1. The van der Waals surface area contributed by atoms with E-state index in [4.69, 9.17) is 4.98 Å². The summed E-state index contributed by atoms with van der Waals surface area (Å²) < 4.78 is 0. The number of aromatic nitrogens is 1. The topological polar surface area (TPSA) is 74.7 Å². The van der Waals surface area contributed by atoms with Crippen LogP contribution in [0.4, 0.5) is 5.13 Å². The third-order valence-corrected chi connectivity index (χ3v) is 7.53. The van der Waals surface area contributed by atoms with Gasteiger partial charge < -0.3 is 0 Å². The van der Waals surface area contributed by atoms with Crippen molar-refractivity contribution in [3.05, 3.63) is 11.1 Å². The first-order valence-corrected chi connectivity index (χ1v) is 10.5. The van der Waals surface area contributed by atoms with Crippen LogP contribution in [0.3, 0.4) is 0 Å². The van der Waals surface area contributed by atoms with Crippen LogP contribution in [0.2, 0.25) is 0 Å². The molecule has 2 heterocycles. The number of nitrogens with zero attached hydrogens (tertiary/aromatic N) is 3. The molecule has 4 fully saturated rings. The molecular formula is C19H24N4O2S. The summed E-state index contributed by atoms with van der Waals surface area (Å²) in [4.78, 5) is 28.8. The monoisotopic (exact) mass is 372 g/mol. The molecule has 2 amide bonds. The number of hydrogen-bond donors (Lipinski definition) is 1. The lowest BCUT2D eigenvalue weighted by molar-refractivity contribution is -0.130. The number of amides is 2. The largest absolute Gasteiger partial charge is 0.297 e. The highest BCUT2D eigenvalue weighted by atomic mass is 32.1. The van der Waals surface area contributed by atoms with E-state index in [0.717, 1.165) is 17.8 Å². The van der Waals surface area contributed by atoms with Crippen molar-refractivity contribution >= 4 is 34.0 Å². The van der Waals surface area contributed by atoms with Gasteiger partial charge in [0.15, 0.2) is 5.13 Å². The third-order valence-electron chi connectivity index (χ3n) is 6.78. The first-order chi connectivity index (χ1) is 12.5. The SMILES string of the molecule is CN1N=C(C(=O)Nc2nc(C34CC5CC(CC(C5)C3)C4)cs2)CCC1=O. The van der Waals surface area contributed by atoms with Crippen LogP contribution in [-0.4, -0.2) is 34.6 Å². The second kappa shape index (κ2) is 5.87. The molecule has 4 aliphatic carbocycles. The molecule has 4 bridgehead atoms. The number of rotatable bonds is 3. The summed E-state index contributed by atoms with van der Waals surface area (Å²) in [5.41, 5.74) is 1.84. The lowest BCUT2D eigenvalue weighted by atomic mass is 9.49. The molecule has 4 saturated carbocycles. The Hall–Kier alpha value is -1.76. The number of hydrogen-bond acceptors (Lipinski definition) is 5. The Morgan fingerprint density at radius 3 is 2.46 bits per heavy atom. The zero-order valence-electron chi connectivity index (χ0n) is 15.0. The maximum Gasteiger partial charge on any atom is 0.273 e. The van der Waals surface area contributed by atoms with E-state index >= 15 is 0 Å². The van der Waals surface area contributed by atoms with Gasteiger partial charge in [0.05, 0.1) is 5.69 Å². The molecule has 1 aliphatic heterocycles. The van der Waals surface area contributed by atoms with Crippen LogP contribution in [0.5, 0.6) is 0 Å². The summed E-state index contributed by atoms with van der Waals surface area (Å²) in [5, 5.41) is 11.0. The second-order valence-corrected chi connectivity index (χ2v) is 9.51. The van der Waals surface area contributed by atoms with Gasteiger partial charge in [-0.2, -0.15) is 5.10 Å². The Morgan fingerprint density at radius 1 is 1.19 bits per heavy atom. The van der Waals surface area contributed by atoms with Gasteiger partial charge in [-0.05, 0) is 56.3 Å². The number of anilines is 1. The highest BCUT2D eigenvalue weighted by molar-refractivity contribution is 7.14. The Bertz CT molecular complexity index is 764. The molecule has 0 aromatic carbocycles. The predicted molar refractivity (Wildman–Crippen MR) is 100 cm³/mol. The average Bonchev–Trinajstić information content (AvgIpc) is 3.05. The van der Waals surface area contributed by atoms with Crippen LogP contribution in [0.25, 0.3) is 0 Å². The van der Waals surface area contributed by atoms with E-state index in [1.807, 2.05) is 0 Å². The van der Waals surface area contributed by atoms with E-state index in [-0.39, 0.29) is 17.2 Å². The van der Waals surface area contributed by atoms with Gasteiger partial charge in [0.1, 0.15) is 5.71 Å². The molecule has 0 atom stereocenters. The second-order valence-electron chi connectivity index (χ2n) is 8.65. The molecule has 1 N–H and O–H groups in total. The van der Waals surface area contributed by atoms with Gasteiger partial charge in [0, 0.05) is 30.7 Å². The highest BCUT2D eigenvalue weighted by Crippen LogP contribution is 2.60. The van der Waals surface area contributed by atoms with Gasteiger partial charge in [-0.15, -0.1) is 11.3 Å². The molecule has 7 heteroatoms. The summed E-state index contributed by atoms with van der Waals surface area (Å²) in [6.45, 7) is 0. The molecule has 1 aromatic rings. The molecule has 0 spiro atoms. The van der Waals surface area contributed by atoms with Gasteiger partial charge in [-0.1, -0.05) is 0 Å². The van der Waals surface area contributed by atoms with Gasteiger partial charge in [-0.3, -0.25) is 14.9 Å². The lowest BCUT2D eigenvalue weighted by Gasteiger charge is -2.56. The molecule has 0 unspecified atom stereocenters. The van der Waals surface area contributed by atoms with Crippen LogP contribution >= 0.6 is 11.3 Å². The van der Waals surface area contributed by atoms with Crippen LogP contribution in [0.15, 0.2) is 10.5 Å². The van der Waals surface area contributed by atoms with E-state index in [1.54, 1.807) is 7.05 Å². The number of carbonyl (C=O) groups excluding carboxylic acids is 2. The fraction of sp³-hybridized carbons (Fsp3) is 0.684. The zero-order valence-corrected chi connectivity index (χ0v) is 15.8. The average molecular weight is 372 g/mol. The van der Waals surface area contributed by atoms with Crippen molar-refractivity contribution in [1.82, 2.24) is 9.99 Å².